The highest BCUT2D eigenvalue weighted by Gasteiger charge is 2.51. The van der Waals surface area contributed by atoms with E-state index in [9.17, 15) is 0 Å². The van der Waals surface area contributed by atoms with Gasteiger partial charge in [-0.05, 0) is 122 Å². The second-order valence-corrected chi connectivity index (χ2v) is 21.2. The van der Waals surface area contributed by atoms with Crippen LogP contribution < -0.4 is 15.8 Å². The molecule has 2 atom stereocenters. The Morgan fingerprint density at radius 1 is 0.680 bits per heavy atom. The van der Waals surface area contributed by atoms with Crippen LogP contribution in [0, 0.1) is 23.7 Å². The fraction of sp³-hybridized carbons (Fsp3) is 0.489. The number of hydrogen-bond donors (Lipinski definition) is 0. The van der Waals surface area contributed by atoms with Crippen LogP contribution in [0.25, 0.3) is 0 Å². The Balaban J connectivity index is 1.38. The highest BCUT2D eigenvalue weighted by Crippen LogP contribution is 2.60. The molecule has 50 heavy (non-hydrogen) atoms. The summed E-state index contributed by atoms with van der Waals surface area (Å²) < 4.78 is 0. The molecule has 2 unspecified atom stereocenters. The van der Waals surface area contributed by atoms with E-state index in [4.69, 9.17) is 0 Å². The zero-order valence-corrected chi connectivity index (χ0v) is 33.7. The molecule has 2 heterocycles. The van der Waals surface area contributed by atoms with Crippen molar-refractivity contribution in [2.24, 2.45) is 16.7 Å². The van der Waals surface area contributed by atoms with Gasteiger partial charge < -0.3 is 4.90 Å². The number of thioether (sulfide) groups is 1. The van der Waals surface area contributed by atoms with Crippen molar-refractivity contribution in [3.63, 3.8) is 0 Å². The number of allylic oxidation sites excluding steroid dienone is 3. The Morgan fingerprint density at radius 2 is 1.28 bits per heavy atom. The summed E-state index contributed by atoms with van der Waals surface area (Å²) in [5.74, 6) is 0.327. The lowest BCUT2D eigenvalue weighted by atomic mass is 9.38. The first-order chi connectivity index (χ1) is 23.3. The summed E-state index contributed by atoms with van der Waals surface area (Å²) in [5, 5.41) is 0.397. The predicted octanol–water partition coefficient (Wildman–Crippen LogP) is 11.6. The minimum Gasteiger partial charge on any atom is -0.314 e. The van der Waals surface area contributed by atoms with Crippen molar-refractivity contribution in [1.29, 1.82) is 0 Å². The molecule has 3 aromatic rings. The van der Waals surface area contributed by atoms with Gasteiger partial charge in [0.1, 0.15) is 0 Å². The molecule has 0 radical (unpaired) electrons. The number of fused-ring (bicyclic) bond motifs is 5. The molecule has 3 heteroatoms. The van der Waals surface area contributed by atoms with E-state index in [0.29, 0.717) is 11.2 Å². The van der Waals surface area contributed by atoms with Crippen LogP contribution in [-0.2, 0) is 16.2 Å². The molecule has 1 nitrogen and oxygen atoms in total. The molecule has 2 aliphatic heterocycles. The fourth-order valence-electron chi connectivity index (χ4n) is 9.85. The first-order valence-electron chi connectivity index (χ1n) is 19.3. The Hall–Kier alpha value is -2.91. The smallest absolute Gasteiger partial charge is 0.254 e. The highest BCUT2D eigenvalue weighted by atomic mass is 32.2. The molecule has 1 saturated carbocycles. The van der Waals surface area contributed by atoms with Gasteiger partial charge in [-0.25, -0.2) is 0 Å². The molecule has 0 spiro atoms. The van der Waals surface area contributed by atoms with Crippen LogP contribution in [0.5, 0.6) is 0 Å². The Morgan fingerprint density at radius 3 is 1.92 bits per heavy atom. The van der Waals surface area contributed by atoms with Gasteiger partial charge in [0.15, 0.2) is 0 Å². The number of rotatable bonds is 2. The van der Waals surface area contributed by atoms with Crippen molar-refractivity contribution < 1.29 is 0 Å². The summed E-state index contributed by atoms with van der Waals surface area (Å²) in [6, 6.07) is 24.4. The lowest BCUT2D eigenvalue weighted by Crippen LogP contribution is -2.50. The van der Waals surface area contributed by atoms with E-state index in [1.807, 2.05) is 0 Å². The molecule has 1 fully saturated rings. The maximum absolute atomic E-state index is 2.74. The third-order valence-corrected chi connectivity index (χ3v) is 14.8. The van der Waals surface area contributed by atoms with E-state index in [1.165, 1.54) is 64.8 Å². The molecule has 3 aromatic carbocycles. The van der Waals surface area contributed by atoms with E-state index in [2.05, 4.69) is 173 Å². The van der Waals surface area contributed by atoms with Crippen molar-refractivity contribution in [2.45, 2.75) is 130 Å². The van der Waals surface area contributed by atoms with Gasteiger partial charge >= 0.3 is 0 Å². The summed E-state index contributed by atoms with van der Waals surface area (Å²) in [7, 11) is 0. The highest BCUT2D eigenvalue weighted by molar-refractivity contribution is 8.06. The monoisotopic (exact) mass is 679 g/mol. The zero-order chi connectivity index (χ0) is 35.8. The molecule has 0 saturated heterocycles. The molecule has 0 amide bonds. The summed E-state index contributed by atoms with van der Waals surface area (Å²) in [5.41, 5.74) is 16.9. The molecule has 260 valence electrons. The summed E-state index contributed by atoms with van der Waals surface area (Å²) in [4.78, 5) is 4.23. The zero-order valence-electron chi connectivity index (χ0n) is 32.8. The van der Waals surface area contributed by atoms with Gasteiger partial charge in [0.2, 0.25) is 0 Å². The van der Waals surface area contributed by atoms with Gasteiger partial charge in [0, 0.05) is 28.2 Å². The van der Waals surface area contributed by atoms with E-state index in [1.54, 1.807) is 27.1 Å². The van der Waals surface area contributed by atoms with Gasteiger partial charge in [0.05, 0.1) is 0 Å². The van der Waals surface area contributed by atoms with Gasteiger partial charge in [-0.1, -0.05) is 136 Å². The number of hydrogen-bond acceptors (Lipinski definition) is 2. The second kappa shape index (κ2) is 11.1. The quantitative estimate of drug-likeness (QED) is 0.248. The molecule has 0 bridgehead atoms. The van der Waals surface area contributed by atoms with Crippen LogP contribution >= 0.6 is 11.8 Å². The van der Waals surface area contributed by atoms with E-state index in [0.717, 1.165) is 0 Å². The van der Waals surface area contributed by atoms with E-state index < -0.39 is 0 Å². The van der Waals surface area contributed by atoms with Gasteiger partial charge in [0.25, 0.3) is 6.71 Å². The molecule has 0 N–H and O–H groups in total. The maximum Gasteiger partial charge on any atom is 0.254 e. The minimum atomic E-state index is 0.113. The average molecular weight is 680 g/mol. The molecular weight excluding hydrogens is 621 g/mol. The first kappa shape index (κ1) is 34.2. The van der Waals surface area contributed by atoms with Gasteiger partial charge in [-0.2, -0.15) is 0 Å². The summed E-state index contributed by atoms with van der Waals surface area (Å²) in [6.45, 7) is 29.2. The average Bonchev–Trinajstić information content (AvgIpc) is 3.41. The van der Waals surface area contributed by atoms with Gasteiger partial charge in [-0.3, -0.25) is 0 Å². The largest absolute Gasteiger partial charge is 0.314 e. The van der Waals surface area contributed by atoms with Crippen LogP contribution in [0.2, 0.25) is 0 Å². The van der Waals surface area contributed by atoms with Crippen LogP contribution in [0.1, 0.15) is 124 Å². The van der Waals surface area contributed by atoms with E-state index >= 15 is 0 Å². The van der Waals surface area contributed by atoms with Crippen LogP contribution in [0.4, 0.5) is 11.4 Å². The van der Waals surface area contributed by atoms with Crippen molar-refractivity contribution in [3.8, 4) is 0 Å². The van der Waals surface area contributed by atoms with Crippen molar-refractivity contribution in [3.05, 3.63) is 117 Å². The maximum atomic E-state index is 2.74. The molecule has 8 rings (SSSR count). The molecular formula is C47H58BNS. The van der Waals surface area contributed by atoms with Crippen LogP contribution in [0.15, 0.2) is 94.5 Å². The van der Waals surface area contributed by atoms with Gasteiger partial charge in [-0.15, -0.1) is 11.8 Å². The number of benzene rings is 3. The van der Waals surface area contributed by atoms with E-state index in [-0.39, 0.29) is 33.8 Å². The van der Waals surface area contributed by atoms with Crippen LogP contribution in [0.3, 0.4) is 0 Å². The second-order valence-electron chi connectivity index (χ2n) is 20.0. The lowest BCUT2D eigenvalue weighted by molar-refractivity contribution is 0.255. The van der Waals surface area contributed by atoms with Crippen molar-refractivity contribution in [2.75, 3.05) is 4.90 Å². The standard InChI is InChI=1S/C47H58BNS/c1-29-13-20-38-39(25-29)49(32-17-14-30(15-18-32)43(2,3)4)41-33-27-36-37(47(11,12)24-23-46(36,9)10)28-40(33)50-42(41)48(38)31-16-19-34-35(26-31)45(7,8)22-21-44(34,5)6/h13-20,25-28,33,40H,21-24H2,1-12H3. The normalized spacial score (nSPS) is 25.5. The first-order valence-corrected chi connectivity index (χ1v) is 20.2. The summed E-state index contributed by atoms with van der Waals surface area (Å²) in [6.07, 6.45) is 10.4. The number of nitrogens with zero attached hydrogens (tertiary/aromatic N) is 1. The van der Waals surface area contributed by atoms with Crippen molar-refractivity contribution in [1.82, 2.24) is 0 Å². The van der Waals surface area contributed by atoms with Crippen molar-refractivity contribution >= 4 is 40.8 Å². The Bertz CT molecular complexity index is 1990. The molecule has 5 aliphatic rings. The lowest BCUT2D eigenvalue weighted by Gasteiger charge is -2.47. The Kier molecular flexibility index (Phi) is 7.56. The number of aryl methyl sites for hydroxylation is 1. The predicted molar refractivity (Wildman–Crippen MR) is 220 cm³/mol. The SMILES string of the molecule is Cc1ccc2c(c1)N(c1ccc(C(C)(C)C)cc1)C1=C(SC3C=C4C(=CC13)C(C)(C)CCC4(C)C)B2c1ccc2c(c1)C(C)(C)CCC2(C)C. The molecule has 0 aromatic heterocycles. The molecule has 3 aliphatic carbocycles. The Labute approximate surface area is 308 Å². The summed E-state index contributed by atoms with van der Waals surface area (Å²) >= 11 is 2.17. The van der Waals surface area contributed by atoms with Crippen LogP contribution in [-0.4, -0.2) is 12.0 Å². The third-order valence-electron chi connectivity index (χ3n) is 13.4. The third kappa shape index (κ3) is 5.26. The minimum absolute atomic E-state index is 0.113. The topological polar surface area (TPSA) is 3.24 Å². The number of anilines is 2. The fourth-order valence-corrected chi connectivity index (χ4v) is 11.5.